The topological polar surface area (TPSA) is 124 Å². The summed E-state index contributed by atoms with van der Waals surface area (Å²) in [6.45, 7) is 0. The van der Waals surface area contributed by atoms with Crippen LogP contribution in [0.25, 0.3) is 0 Å². The molecular formula is C10H6BrN5O3. The lowest BCUT2D eigenvalue weighted by Crippen LogP contribution is -2.01. The number of benzene rings is 1. The van der Waals surface area contributed by atoms with E-state index in [0.29, 0.717) is 5.75 Å². The molecule has 1 N–H and O–H groups in total. The summed E-state index contributed by atoms with van der Waals surface area (Å²) >= 11 is 3.13. The summed E-state index contributed by atoms with van der Waals surface area (Å²) in [6.07, 6.45) is 0. The van der Waals surface area contributed by atoms with Gasteiger partial charge >= 0.3 is 0 Å². The van der Waals surface area contributed by atoms with Gasteiger partial charge in [-0.15, -0.1) is 0 Å². The maximum Gasteiger partial charge on any atom is 0.295 e. The largest absolute Gasteiger partial charge is 0.495 e. The first kappa shape index (κ1) is 14.4. The number of rotatable bonds is 4. The van der Waals surface area contributed by atoms with E-state index in [-0.39, 0.29) is 15.8 Å². The zero-order chi connectivity index (χ0) is 14.4. The number of ether oxygens (including phenoxy) is 1. The highest BCUT2D eigenvalue weighted by atomic mass is 79.9. The average Bonchev–Trinajstić information content (AvgIpc) is 2.40. The third-order valence-corrected chi connectivity index (χ3v) is 2.78. The minimum absolute atomic E-state index is 0.00708. The van der Waals surface area contributed by atoms with Crippen LogP contribution < -0.4 is 10.2 Å². The first-order valence-electron chi connectivity index (χ1n) is 4.70. The number of nitro groups is 1. The fourth-order valence-corrected chi connectivity index (χ4v) is 1.74. The van der Waals surface area contributed by atoms with Crippen molar-refractivity contribution in [2.45, 2.75) is 0 Å². The second kappa shape index (κ2) is 6.33. The van der Waals surface area contributed by atoms with Crippen molar-refractivity contribution in [2.24, 2.45) is 5.10 Å². The van der Waals surface area contributed by atoms with Crippen LogP contribution in [-0.2, 0) is 0 Å². The van der Waals surface area contributed by atoms with Gasteiger partial charge in [-0.25, -0.2) is 0 Å². The van der Waals surface area contributed by atoms with Gasteiger partial charge in [0.15, 0.2) is 5.69 Å². The van der Waals surface area contributed by atoms with Crippen molar-refractivity contribution < 1.29 is 9.66 Å². The van der Waals surface area contributed by atoms with Crippen LogP contribution in [0, 0.1) is 32.8 Å². The van der Waals surface area contributed by atoms with Crippen LogP contribution in [0.5, 0.6) is 5.75 Å². The molecule has 96 valence electrons. The number of anilines is 1. The number of nitro benzene ring substituents is 1. The van der Waals surface area contributed by atoms with E-state index in [4.69, 9.17) is 15.3 Å². The van der Waals surface area contributed by atoms with E-state index in [2.05, 4.69) is 26.5 Å². The normalized spacial score (nSPS) is 8.84. The van der Waals surface area contributed by atoms with Gasteiger partial charge in [0.1, 0.15) is 17.9 Å². The Hall–Kier alpha value is -2.65. The molecule has 19 heavy (non-hydrogen) atoms. The van der Waals surface area contributed by atoms with Gasteiger partial charge in [-0.3, -0.25) is 15.5 Å². The molecule has 0 aliphatic heterocycles. The van der Waals surface area contributed by atoms with Crippen LogP contribution in [0.4, 0.5) is 11.4 Å². The zero-order valence-corrected chi connectivity index (χ0v) is 11.1. The number of nitrogens with zero attached hydrogens (tertiary/aromatic N) is 4. The van der Waals surface area contributed by atoms with Crippen molar-refractivity contribution in [3.8, 4) is 17.9 Å². The van der Waals surface area contributed by atoms with Crippen molar-refractivity contribution in [3.05, 3.63) is 26.7 Å². The highest BCUT2D eigenvalue weighted by Crippen LogP contribution is 2.39. The average molecular weight is 324 g/mol. The number of hydrogen-bond donors (Lipinski definition) is 1. The minimum atomic E-state index is -0.625. The van der Waals surface area contributed by atoms with E-state index in [0.717, 1.165) is 0 Å². The van der Waals surface area contributed by atoms with Gasteiger partial charge in [0.05, 0.1) is 16.5 Å². The number of hydrogen-bond acceptors (Lipinski definition) is 7. The Morgan fingerprint density at radius 1 is 1.53 bits per heavy atom. The Bertz CT molecular complexity index is 613. The minimum Gasteiger partial charge on any atom is -0.495 e. The van der Waals surface area contributed by atoms with Crippen LogP contribution >= 0.6 is 15.9 Å². The molecule has 0 aliphatic rings. The fourth-order valence-electron chi connectivity index (χ4n) is 1.15. The molecule has 0 atom stereocenters. The SMILES string of the molecule is COc1ccc([N+](=O)[O-])c(NN=C(C#N)C#N)c1Br. The molecule has 1 rings (SSSR count). The highest BCUT2D eigenvalue weighted by molar-refractivity contribution is 9.10. The standard InChI is InChI=1S/C10H6BrN5O3/c1-19-8-3-2-7(16(17)18)10(9(8)11)15-14-6(4-12)5-13/h2-3,15H,1H3. The van der Waals surface area contributed by atoms with Crippen molar-refractivity contribution in [3.63, 3.8) is 0 Å². The van der Waals surface area contributed by atoms with Crippen LogP contribution in [0.3, 0.4) is 0 Å². The number of halogens is 1. The quantitative estimate of drug-likeness (QED) is 0.514. The molecule has 0 saturated heterocycles. The van der Waals surface area contributed by atoms with Crippen molar-refractivity contribution in [2.75, 3.05) is 12.5 Å². The first-order chi connectivity index (χ1) is 9.04. The van der Waals surface area contributed by atoms with Gasteiger partial charge in [0.25, 0.3) is 5.69 Å². The lowest BCUT2D eigenvalue weighted by molar-refractivity contribution is -0.384. The van der Waals surface area contributed by atoms with E-state index in [1.54, 1.807) is 0 Å². The van der Waals surface area contributed by atoms with Gasteiger partial charge in [0, 0.05) is 6.07 Å². The molecule has 0 radical (unpaired) electrons. The Kier molecular flexibility index (Phi) is 4.80. The number of hydrazone groups is 1. The Morgan fingerprint density at radius 3 is 2.63 bits per heavy atom. The van der Waals surface area contributed by atoms with Crippen LogP contribution in [0.2, 0.25) is 0 Å². The molecule has 1 aromatic carbocycles. The second-order valence-corrected chi connectivity index (χ2v) is 3.82. The molecule has 1 aromatic rings. The summed E-state index contributed by atoms with van der Waals surface area (Å²) in [6, 6.07) is 5.69. The third-order valence-electron chi connectivity index (χ3n) is 1.99. The summed E-state index contributed by atoms with van der Waals surface area (Å²) in [5.41, 5.74) is 1.58. The summed E-state index contributed by atoms with van der Waals surface area (Å²) in [4.78, 5) is 10.3. The summed E-state index contributed by atoms with van der Waals surface area (Å²) < 4.78 is 5.26. The Morgan fingerprint density at radius 2 is 2.16 bits per heavy atom. The molecule has 0 spiro atoms. The van der Waals surface area contributed by atoms with Crippen LogP contribution in [0.1, 0.15) is 0 Å². The predicted octanol–water partition coefficient (Wildman–Crippen LogP) is 2.18. The van der Waals surface area contributed by atoms with Gasteiger partial charge in [-0.1, -0.05) is 0 Å². The Labute approximate surface area is 116 Å². The van der Waals surface area contributed by atoms with Crippen molar-refractivity contribution >= 4 is 33.0 Å². The maximum atomic E-state index is 10.9. The van der Waals surface area contributed by atoms with E-state index in [1.807, 2.05) is 0 Å². The first-order valence-corrected chi connectivity index (χ1v) is 5.49. The van der Waals surface area contributed by atoms with Crippen molar-refractivity contribution in [1.82, 2.24) is 0 Å². The number of methoxy groups -OCH3 is 1. The molecule has 0 bridgehead atoms. The van der Waals surface area contributed by atoms with Gasteiger partial charge in [-0.05, 0) is 22.0 Å². The monoisotopic (exact) mass is 323 g/mol. The van der Waals surface area contributed by atoms with E-state index >= 15 is 0 Å². The fraction of sp³-hybridized carbons (Fsp3) is 0.100. The van der Waals surface area contributed by atoms with Crippen molar-refractivity contribution in [1.29, 1.82) is 10.5 Å². The lowest BCUT2D eigenvalue weighted by Gasteiger charge is -2.08. The molecule has 0 saturated carbocycles. The summed E-state index contributed by atoms with van der Waals surface area (Å²) in [5, 5.41) is 31.4. The molecular weight excluding hydrogens is 318 g/mol. The van der Waals surface area contributed by atoms with Gasteiger partial charge < -0.3 is 4.74 Å². The van der Waals surface area contributed by atoms with Crippen LogP contribution in [0.15, 0.2) is 21.7 Å². The molecule has 0 aromatic heterocycles. The molecule has 9 heteroatoms. The predicted molar refractivity (Wildman–Crippen MR) is 69.6 cm³/mol. The van der Waals surface area contributed by atoms with E-state index in [9.17, 15) is 10.1 Å². The molecule has 0 unspecified atom stereocenters. The molecule has 0 aliphatic carbocycles. The lowest BCUT2D eigenvalue weighted by atomic mass is 10.2. The number of nitrogens with one attached hydrogen (secondary N) is 1. The third kappa shape index (κ3) is 3.18. The van der Waals surface area contributed by atoms with E-state index in [1.165, 1.54) is 31.4 Å². The van der Waals surface area contributed by atoms with E-state index < -0.39 is 10.6 Å². The molecule has 8 nitrogen and oxygen atoms in total. The van der Waals surface area contributed by atoms with Gasteiger partial charge in [-0.2, -0.15) is 15.6 Å². The molecule has 0 fully saturated rings. The zero-order valence-electron chi connectivity index (χ0n) is 9.55. The summed E-state index contributed by atoms with van der Waals surface area (Å²) in [7, 11) is 1.40. The van der Waals surface area contributed by atoms with Gasteiger partial charge in [0.2, 0.25) is 5.71 Å². The smallest absolute Gasteiger partial charge is 0.295 e. The van der Waals surface area contributed by atoms with Crippen LogP contribution in [-0.4, -0.2) is 17.7 Å². The number of nitriles is 2. The maximum absolute atomic E-state index is 10.9. The molecule has 0 heterocycles. The second-order valence-electron chi connectivity index (χ2n) is 3.03. The highest BCUT2D eigenvalue weighted by Gasteiger charge is 2.20. The Balaban J connectivity index is 3.32. The summed E-state index contributed by atoms with van der Waals surface area (Å²) in [5.74, 6) is 0.346. The molecule has 0 amide bonds.